The zero-order valence-corrected chi connectivity index (χ0v) is 24.7. The lowest BCUT2D eigenvalue weighted by atomic mass is 10.1. The fourth-order valence-corrected chi connectivity index (χ4v) is 5.85. The first kappa shape index (κ1) is 29.1. The maximum atomic E-state index is 13.3. The Kier molecular flexibility index (Phi) is 9.33. The van der Waals surface area contributed by atoms with Crippen molar-refractivity contribution in [1.29, 1.82) is 0 Å². The van der Waals surface area contributed by atoms with Gasteiger partial charge in [0.2, 0.25) is 5.91 Å². The van der Waals surface area contributed by atoms with E-state index in [2.05, 4.69) is 20.9 Å². The van der Waals surface area contributed by atoms with Gasteiger partial charge in [0, 0.05) is 21.2 Å². The molecule has 3 N–H and O–H groups in total. The van der Waals surface area contributed by atoms with Crippen LogP contribution in [0.25, 0.3) is 16.3 Å². The molecule has 0 radical (unpaired) electrons. The van der Waals surface area contributed by atoms with Crippen molar-refractivity contribution in [3.8, 4) is 0 Å². The molecule has 5 rings (SSSR count). The zero-order chi connectivity index (χ0) is 29.5. The molecule has 7 nitrogen and oxygen atoms in total. The highest BCUT2D eigenvalue weighted by Gasteiger charge is 2.18. The summed E-state index contributed by atoms with van der Waals surface area (Å²) < 4.78 is 1.01. The number of thiazole rings is 1. The van der Waals surface area contributed by atoms with E-state index in [0.29, 0.717) is 27.0 Å². The van der Waals surface area contributed by atoms with Gasteiger partial charge >= 0.3 is 0 Å². The maximum absolute atomic E-state index is 13.3. The Bertz CT molecular complexity index is 1740. The molecule has 3 amide bonds. The summed E-state index contributed by atoms with van der Waals surface area (Å²) in [6.07, 6.45) is 1.57. The van der Waals surface area contributed by atoms with Crippen molar-refractivity contribution in [2.75, 3.05) is 10.6 Å². The molecule has 0 bridgehead atoms. The summed E-state index contributed by atoms with van der Waals surface area (Å²) in [5.74, 6) is -1.06. The van der Waals surface area contributed by atoms with Crippen LogP contribution in [0.4, 0.5) is 10.8 Å². The minimum atomic E-state index is -0.497. The van der Waals surface area contributed by atoms with Crippen molar-refractivity contribution < 1.29 is 14.4 Å². The SMILES string of the molecule is CC(Sc1ccc(NC(=O)/C(=C/c2cccc(Cl)c2)NC(=O)c2ccccc2)cc1)C(=O)Nc1nc2ccccc2s1. The second kappa shape index (κ2) is 13.5. The van der Waals surface area contributed by atoms with E-state index in [4.69, 9.17) is 11.6 Å². The average Bonchev–Trinajstić information content (AvgIpc) is 3.40. The van der Waals surface area contributed by atoms with Crippen molar-refractivity contribution in [3.63, 3.8) is 0 Å². The minimum Gasteiger partial charge on any atom is -0.321 e. The molecule has 0 fully saturated rings. The Morgan fingerprint density at radius 3 is 2.36 bits per heavy atom. The number of rotatable bonds is 9. The molecular formula is C32H25ClN4O3S2. The van der Waals surface area contributed by atoms with E-state index < -0.39 is 11.8 Å². The van der Waals surface area contributed by atoms with Crippen LogP contribution in [0.2, 0.25) is 5.02 Å². The number of para-hydroxylation sites is 1. The summed E-state index contributed by atoms with van der Waals surface area (Å²) >= 11 is 8.94. The fraction of sp³-hybridized carbons (Fsp3) is 0.0625. The van der Waals surface area contributed by atoms with Crippen molar-refractivity contribution in [2.24, 2.45) is 0 Å². The van der Waals surface area contributed by atoms with E-state index in [9.17, 15) is 14.4 Å². The number of anilines is 2. The van der Waals surface area contributed by atoms with Gasteiger partial charge in [0.05, 0.1) is 15.5 Å². The van der Waals surface area contributed by atoms with Gasteiger partial charge in [0.25, 0.3) is 11.8 Å². The average molecular weight is 613 g/mol. The van der Waals surface area contributed by atoms with Gasteiger partial charge in [0.1, 0.15) is 5.70 Å². The van der Waals surface area contributed by atoms with Crippen LogP contribution in [0.3, 0.4) is 0 Å². The first-order valence-corrected chi connectivity index (χ1v) is 15.0. The second-order valence-corrected chi connectivity index (χ2v) is 12.0. The van der Waals surface area contributed by atoms with Crippen LogP contribution in [0.1, 0.15) is 22.8 Å². The smallest absolute Gasteiger partial charge is 0.272 e. The van der Waals surface area contributed by atoms with Crippen molar-refractivity contribution >= 4 is 79.5 Å². The Balaban J connectivity index is 1.24. The number of carbonyl (C=O) groups is 3. The Morgan fingerprint density at radius 1 is 0.881 bits per heavy atom. The van der Waals surface area contributed by atoms with Crippen molar-refractivity contribution in [2.45, 2.75) is 17.1 Å². The molecule has 4 aromatic carbocycles. The van der Waals surface area contributed by atoms with E-state index in [-0.39, 0.29) is 16.9 Å². The van der Waals surface area contributed by atoms with E-state index >= 15 is 0 Å². The fourth-order valence-electron chi connectivity index (χ4n) is 3.91. The highest BCUT2D eigenvalue weighted by atomic mass is 35.5. The molecule has 0 saturated heterocycles. The number of amides is 3. The topological polar surface area (TPSA) is 100 Å². The first-order chi connectivity index (χ1) is 20.3. The van der Waals surface area contributed by atoms with Gasteiger partial charge < -0.3 is 16.0 Å². The highest BCUT2D eigenvalue weighted by Crippen LogP contribution is 2.29. The third-order valence-corrected chi connectivity index (χ3v) is 8.31. The predicted octanol–water partition coefficient (Wildman–Crippen LogP) is 7.48. The van der Waals surface area contributed by atoms with Gasteiger partial charge in [-0.1, -0.05) is 65.4 Å². The molecule has 10 heteroatoms. The third-order valence-electron chi connectivity index (χ3n) is 6.01. The quantitative estimate of drug-likeness (QED) is 0.118. The van der Waals surface area contributed by atoms with Crippen LogP contribution >= 0.6 is 34.7 Å². The summed E-state index contributed by atoms with van der Waals surface area (Å²) in [7, 11) is 0. The van der Waals surface area contributed by atoms with E-state index in [1.807, 2.05) is 49.4 Å². The third kappa shape index (κ3) is 7.64. The van der Waals surface area contributed by atoms with Crippen LogP contribution in [-0.2, 0) is 9.59 Å². The van der Waals surface area contributed by atoms with Crippen molar-refractivity contribution in [1.82, 2.24) is 10.3 Å². The van der Waals surface area contributed by atoms with Gasteiger partial charge in [-0.2, -0.15) is 0 Å². The normalized spacial score (nSPS) is 12.0. The van der Waals surface area contributed by atoms with Gasteiger partial charge in [-0.25, -0.2) is 4.98 Å². The highest BCUT2D eigenvalue weighted by molar-refractivity contribution is 8.00. The lowest BCUT2D eigenvalue weighted by molar-refractivity contribution is -0.115. The van der Waals surface area contributed by atoms with Crippen LogP contribution in [0.15, 0.2) is 114 Å². The Labute approximate surface area is 256 Å². The minimum absolute atomic E-state index is 0.0599. The van der Waals surface area contributed by atoms with Crippen LogP contribution in [0.5, 0.6) is 0 Å². The summed E-state index contributed by atoms with van der Waals surface area (Å²) in [5, 5.41) is 9.13. The second-order valence-electron chi connectivity index (χ2n) is 9.15. The van der Waals surface area contributed by atoms with E-state index in [0.717, 1.165) is 15.1 Å². The molecule has 1 aromatic heterocycles. The molecule has 1 atom stereocenters. The molecule has 0 spiro atoms. The molecule has 0 aliphatic rings. The predicted molar refractivity (Wildman–Crippen MR) is 172 cm³/mol. The lowest BCUT2D eigenvalue weighted by Crippen LogP contribution is -2.30. The van der Waals surface area contributed by atoms with Crippen molar-refractivity contribution in [3.05, 3.63) is 125 Å². The lowest BCUT2D eigenvalue weighted by Gasteiger charge is -2.13. The van der Waals surface area contributed by atoms with Crippen LogP contribution < -0.4 is 16.0 Å². The summed E-state index contributed by atoms with van der Waals surface area (Å²) in [6.45, 7) is 1.82. The molecule has 42 heavy (non-hydrogen) atoms. The van der Waals surface area contributed by atoms with Gasteiger partial charge in [-0.05, 0) is 79.2 Å². The Morgan fingerprint density at radius 2 is 1.62 bits per heavy atom. The number of thioether (sulfide) groups is 1. The number of benzene rings is 4. The summed E-state index contributed by atoms with van der Waals surface area (Å²) in [6, 6.07) is 30.5. The molecule has 0 saturated carbocycles. The van der Waals surface area contributed by atoms with Gasteiger partial charge in [-0.3, -0.25) is 14.4 Å². The number of nitrogens with zero attached hydrogens (tertiary/aromatic N) is 1. The number of nitrogens with one attached hydrogen (secondary N) is 3. The zero-order valence-electron chi connectivity index (χ0n) is 22.3. The summed E-state index contributed by atoms with van der Waals surface area (Å²) in [5.41, 5.74) is 2.52. The molecule has 0 aliphatic heterocycles. The number of hydrogen-bond acceptors (Lipinski definition) is 6. The number of halogens is 1. The van der Waals surface area contributed by atoms with E-state index in [1.54, 1.807) is 66.7 Å². The van der Waals surface area contributed by atoms with Crippen LogP contribution in [0, 0.1) is 0 Å². The first-order valence-electron chi connectivity index (χ1n) is 12.9. The molecule has 210 valence electrons. The largest absolute Gasteiger partial charge is 0.321 e. The standard InChI is InChI=1S/C32H25ClN4O3S2/c1-20(29(38)37-32-36-26-12-5-6-13-28(26)42-32)41-25-16-14-24(15-17-25)34-31(40)27(19-21-8-7-11-23(33)18-21)35-30(39)22-9-3-2-4-10-22/h2-20H,1H3,(H,34,40)(H,35,39)(H,36,37,38)/b27-19-. The molecular weight excluding hydrogens is 588 g/mol. The number of fused-ring (bicyclic) bond motifs is 1. The monoisotopic (exact) mass is 612 g/mol. The molecule has 0 aliphatic carbocycles. The molecule has 1 unspecified atom stereocenters. The maximum Gasteiger partial charge on any atom is 0.272 e. The Hall–Kier alpha value is -4.44. The molecule has 5 aromatic rings. The number of carbonyl (C=O) groups excluding carboxylic acids is 3. The van der Waals surface area contributed by atoms with E-state index in [1.165, 1.54) is 23.1 Å². The van der Waals surface area contributed by atoms with Crippen LogP contribution in [-0.4, -0.2) is 28.0 Å². The van der Waals surface area contributed by atoms with Gasteiger partial charge in [-0.15, -0.1) is 11.8 Å². The van der Waals surface area contributed by atoms with Gasteiger partial charge in [0.15, 0.2) is 5.13 Å². The number of aromatic nitrogens is 1. The molecule has 1 heterocycles. The number of hydrogen-bond donors (Lipinski definition) is 3. The summed E-state index contributed by atoms with van der Waals surface area (Å²) in [4.78, 5) is 44.2.